The molecule has 0 saturated carbocycles. The quantitative estimate of drug-likeness (QED) is 0.136. The predicted molar refractivity (Wildman–Crippen MR) is 231 cm³/mol. The molecule has 0 amide bonds. The van der Waals surface area contributed by atoms with Gasteiger partial charge < -0.3 is 0 Å². The van der Waals surface area contributed by atoms with Crippen molar-refractivity contribution in [1.29, 1.82) is 0 Å². The first-order valence-corrected chi connectivity index (χ1v) is 20.1. The standard InChI is InChI=1S/C29H37.2C6H4Cl.C5H5.CH2.2ClH.Zr/c1-26(2)9-11-28(5,6)24-16-20-18(14-22(24)26)13-19-15-23-25(17-21(19)20)29(7,8)12-10-27(23,3)4;2*7-6-4-2-1-3-5-6;1-2-4-5-3-1;;;;/h13-17H,9-12H2,1-8H3;2*2-5H;1-3H,4H2;1H2;2*1H;/q4*-1;;;;. The summed E-state index contributed by atoms with van der Waals surface area (Å²) in [6.45, 7) is 19.5. The maximum absolute atomic E-state index is 5.52. The van der Waals surface area contributed by atoms with Crippen molar-refractivity contribution in [3.63, 3.8) is 0 Å². The molecule has 0 saturated heterocycles. The fourth-order valence-corrected chi connectivity index (χ4v) is 7.46. The van der Waals surface area contributed by atoms with E-state index in [1.807, 2.05) is 12.2 Å². The van der Waals surface area contributed by atoms with Gasteiger partial charge in [-0.2, -0.15) is 66.7 Å². The summed E-state index contributed by atoms with van der Waals surface area (Å²) >= 11 is 12.3. The molecule has 278 valence electrons. The summed E-state index contributed by atoms with van der Waals surface area (Å²) in [5, 5.41) is 7.32. The van der Waals surface area contributed by atoms with Crippen molar-refractivity contribution >= 4 is 73.8 Å². The molecule has 0 atom stereocenters. The van der Waals surface area contributed by atoms with Gasteiger partial charge in [-0.3, -0.25) is 6.08 Å². The average molecular weight is 852 g/mol. The van der Waals surface area contributed by atoms with Gasteiger partial charge in [0, 0.05) is 0 Å². The molecule has 0 unspecified atom stereocenters. The van der Waals surface area contributed by atoms with E-state index in [2.05, 4.69) is 114 Å². The zero-order chi connectivity index (χ0) is 36.7. The van der Waals surface area contributed by atoms with Gasteiger partial charge in [0.1, 0.15) is 0 Å². The molecule has 0 radical (unpaired) electrons. The fourth-order valence-electron chi connectivity index (χ4n) is 7.21. The molecule has 0 N–H and O–H groups in total. The summed E-state index contributed by atoms with van der Waals surface area (Å²) in [5.41, 5.74) is 7.36. The first kappa shape index (κ1) is 46.3. The molecule has 5 heteroatoms. The van der Waals surface area contributed by atoms with Crippen LogP contribution < -0.4 is 0 Å². The van der Waals surface area contributed by atoms with Crippen LogP contribution in [0.3, 0.4) is 0 Å². The van der Waals surface area contributed by atoms with Crippen LogP contribution in [0, 0.1) is 18.2 Å². The summed E-state index contributed by atoms with van der Waals surface area (Å²) in [7, 11) is 0. The van der Waals surface area contributed by atoms with Gasteiger partial charge in [0.15, 0.2) is 0 Å². The van der Waals surface area contributed by atoms with Crippen LogP contribution in [0.2, 0.25) is 10.0 Å². The number of benzene rings is 4. The number of hydrogen-bond acceptors (Lipinski definition) is 0. The predicted octanol–water partition coefficient (Wildman–Crippen LogP) is 14.8. The Morgan fingerprint density at radius 1 is 0.577 bits per heavy atom. The SMILES string of the molecule is CC1(C)CCC(C)(C)c2cc3c(cc21)[cH-]c1cc2c(cc13)C(C)(C)CCC2(C)C.Cl.Cl.Clc1cc[c-]cc1.Clc1cc[c-]cc1.[C-]1=CC=CC1.[CH2]=[Zr]. The van der Waals surface area contributed by atoms with E-state index in [-0.39, 0.29) is 46.5 Å². The molecule has 0 aromatic heterocycles. The van der Waals surface area contributed by atoms with Gasteiger partial charge in [-0.1, -0.05) is 99.8 Å². The molecule has 0 fully saturated rings. The summed E-state index contributed by atoms with van der Waals surface area (Å²) < 4.78 is 3.34. The van der Waals surface area contributed by atoms with E-state index in [9.17, 15) is 0 Å². The van der Waals surface area contributed by atoms with Crippen molar-refractivity contribution in [3.05, 3.63) is 148 Å². The minimum atomic E-state index is 0. The molecule has 0 nitrogen and oxygen atoms in total. The van der Waals surface area contributed by atoms with Crippen molar-refractivity contribution in [2.75, 3.05) is 0 Å². The molecule has 5 aromatic carbocycles. The minimum absolute atomic E-state index is 0. The number of halogens is 4. The molecule has 52 heavy (non-hydrogen) atoms. The molecule has 0 bridgehead atoms. The van der Waals surface area contributed by atoms with Crippen molar-refractivity contribution in [1.82, 2.24) is 0 Å². The molecule has 8 rings (SSSR count). The Bertz CT molecular complexity index is 1790. The van der Waals surface area contributed by atoms with Crippen molar-refractivity contribution in [2.24, 2.45) is 0 Å². The van der Waals surface area contributed by atoms with Gasteiger partial charge in [0.2, 0.25) is 0 Å². The van der Waals surface area contributed by atoms with E-state index in [4.69, 9.17) is 23.2 Å². The Kier molecular flexibility index (Phi) is 17.5. The second-order valence-electron chi connectivity index (χ2n) is 16.1. The van der Waals surface area contributed by atoms with Gasteiger partial charge >= 0.3 is 28.4 Å². The van der Waals surface area contributed by atoms with Crippen molar-refractivity contribution in [2.45, 2.75) is 109 Å². The van der Waals surface area contributed by atoms with Crippen LogP contribution in [-0.4, -0.2) is 4.21 Å². The third-order valence-electron chi connectivity index (χ3n) is 10.6. The Balaban J connectivity index is 0.000000331. The first-order valence-electron chi connectivity index (χ1n) is 17.6. The van der Waals surface area contributed by atoms with Crippen molar-refractivity contribution in [3.8, 4) is 0 Å². The van der Waals surface area contributed by atoms with Crippen molar-refractivity contribution < 1.29 is 24.2 Å². The molecule has 5 aromatic rings. The van der Waals surface area contributed by atoms with Crippen LogP contribution in [0.25, 0.3) is 21.5 Å². The Morgan fingerprint density at radius 3 is 1.13 bits per heavy atom. The zero-order valence-electron chi connectivity index (χ0n) is 32.1. The number of hydrogen-bond donors (Lipinski definition) is 0. The van der Waals surface area contributed by atoms with E-state index in [0.29, 0.717) is 0 Å². The number of rotatable bonds is 0. The molecule has 0 heterocycles. The summed E-state index contributed by atoms with van der Waals surface area (Å²) in [4.78, 5) is 0. The molecule has 3 aliphatic carbocycles. The number of fused-ring (bicyclic) bond motifs is 5. The third-order valence-corrected chi connectivity index (χ3v) is 11.1. The monoisotopic (exact) mass is 848 g/mol. The Hall–Kier alpha value is -1.86. The van der Waals surface area contributed by atoms with Crippen LogP contribution in [-0.2, 0) is 45.9 Å². The molecular formula is C47H54Cl4Zr-4. The van der Waals surface area contributed by atoms with E-state index in [1.54, 1.807) is 70.8 Å². The van der Waals surface area contributed by atoms with Crippen LogP contribution in [0.5, 0.6) is 0 Å². The summed E-state index contributed by atoms with van der Waals surface area (Å²) in [6.07, 6.45) is 15.1. The first-order chi connectivity index (χ1) is 23.6. The van der Waals surface area contributed by atoms with Gasteiger partial charge in [0.25, 0.3) is 0 Å². The third kappa shape index (κ3) is 11.3. The summed E-state index contributed by atoms with van der Waals surface area (Å²) in [5.74, 6) is 0. The van der Waals surface area contributed by atoms with Gasteiger partial charge in [0.05, 0.1) is 0 Å². The normalized spacial score (nSPS) is 17.3. The van der Waals surface area contributed by atoms with E-state index in [1.165, 1.54) is 71.5 Å². The van der Waals surface area contributed by atoms with Crippen LogP contribution in [0.4, 0.5) is 0 Å². The van der Waals surface area contributed by atoms with Gasteiger partial charge in [-0.15, -0.1) is 94.2 Å². The summed E-state index contributed by atoms with van der Waals surface area (Å²) in [6, 6.07) is 32.6. The van der Waals surface area contributed by atoms with Crippen LogP contribution >= 0.6 is 48.0 Å². The molecule has 0 aliphatic heterocycles. The topological polar surface area (TPSA) is 0 Å². The van der Waals surface area contributed by atoms with E-state index in [0.717, 1.165) is 16.5 Å². The number of allylic oxidation sites excluding steroid dienone is 4. The van der Waals surface area contributed by atoms with Gasteiger partial charge in [-0.05, 0) is 47.3 Å². The zero-order valence-corrected chi connectivity index (χ0v) is 37.7. The average Bonchev–Trinajstić information content (AvgIpc) is 3.79. The maximum atomic E-state index is 5.52. The molecule has 3 aliphatic rings. The Morgan fingerprint density at radius 2 is 0.904 bits per heavy atom. The van der Waals surface area contributed by atoms with E-state index < -0.39 is 0 Å². The Labute approximate surface area is 352 Å². The fraction of sp³-hybridized carbons (Fsp3) is 0.362. The van der Waals surface area contributed by atoms with E-state index >= 15 is 0 Å². The van der Waals surface area contributed by atoms with Gasteiger partial charge in [-0.25, -0.2) is 12.2 Å². The second kappa shape index (κ2) is 19.6. The molecular weight excluding hydrogens is 798 g/mol. The molecule has 0 spiro atoms. The van der Waals surface area contributed by atoms with Crippen LogP contribution in [0.1, 0.15) is 110 Å². The van der Waals surface area contributed by atoms with Crippen LogP contribution in [0.15, 0.2) is 97.1 Å². The second-order valence-corrected chi connectivity index (χ2v) is 17.0.